The number of nitrogens with one attached hydrogen (secondary N) is 1. The minimum Gasteiger partial charge on any atom is -0.493 e. The van der Waals surface area contributed by atoms with Gasteiger partial charge in [-0.15, -0.1) is 0 Å². The van der Waals surface area contributed by atoms with Crippen LogP contribution >= 0.6 is 39.1 Å². The van der Waals surface area contributed by atoms with Crippen molar-refractivity contribution in [2.45, 2.75) is 6.54 Å². The molecule has 0 aliphatic rings. The molecule has 0 unspecified atom stereocenters. The quantitative estimate of drug-likeness (QED) is 0.517. The van der Waals surface area contributed by atoms with Crippen molar-refractivity contribution in [3.8, 4) is 11.5 Å². The minimum absolute atomic E-state index is 0.318. The van der Waals surface area contributed by atoms with Crippen LogP contribution in [0.1, 0.15) is 15.9 Å². The van der Waals surface area contributed by atoms with Gasteiger partial charge in [-0.3, -0.25) is 9.48 Å². The summed E-state index contributed by atoms with van der Waals surface area (Å²) in [7, 11) is 3.05. The molecule has 1 heterocycles. The van der Waals surface area contributed by atoms with E-state index in [0.717, 1.165) is 5.56 Å². The number of rotatable bonds is 6. The number of hydrogen-bond acceptors (Lipinski definition) is 4. The Morgan fingerprint density at radius 1 is 1.11 bits per heavy atom. The third-order valence-electron chi connectivity index (χ3n) is 3.92. The van der Waals surface area contributed by atoms with Crippen LogP contribution in [0.4, 0.5) is 5.82 Å². The van der Waals surface area contributed by atoms with Crippen molar-refractivity contribution in [3.63, 3.8) is 0 Å². The number of nitrogens with zero attached hydrogens (tertiary/aromatic N) is 2. The second kappa shape index (κ2) is 8.86. The van der Waals surface area contributed by atoms with Crippen molar-refractivity contribution in [2.24, 2.45) is 0 Å². The average Bonchev–Trinajstić information content (AvgIpc) is 3.02. The molecule has 146 valence electrons. The third-order valence-corrected chi connectivity index (χ3v) is 5.24. The van der Waals surface area contributed by atoms with Gasteiger partial charge in [-0.05, 0) is 51.8 Å². The first-order valence-corrected chi connectivity index (χ1v) is 9.66. The second-order valence-corrected chi connectivity index (χ2v) is 7.46. The molecule has 0 fully saturated rings. The summed E-state index contributed by atoms with van der Waals surface area (Å²) >= 11 is 15.4. The van der Waals surface area contributed by atoms with E-state index in [1.54, 1.807) is 41.2 Å². The molecule has 3 aromatic rings. The predicted octanol–water partition coefficient (Wildman–Crippen LogP) is 5.27. The van der Waals surface area contributed by atoms with E-state index in [1.807, 2.05) is 6.07 Å². The molecule has 0 spiro atoms. The lowest BCUT2D eigenvalue weighted by atomic mass is 10.2. The van der Waals surface area contributed by atoms with Gasteiger partial charge in [-0.25, -0.2) is 0 Å². The van der Waals surface area contributed by atoms with E-state index in [9.17, 15) is 4.79 Å². The molecule has 3 rings (SSSR count). The van der Waals surface area contributed by atoms with Crippen molar-refractivity contribution < 1.29 is 14.3 Å². The summed E-state index contributed by atoms with van der Waals surface area (Å²) in [5.41, 5.74) is 1.35. The lowest BCUT2D eigenvalue weighted by Crippen LogP contribution is -2.13. The van der Waals surface area contributed by atoms with E-state index in [1.165, 1.54) is 14.2 Å². The zero-order valence-electron chi connectivity index (χ0n) is 15.0. The molecule has 1 amide bonds. The number of carbonyl (C=O) groups excluding carboxylic acids is 1. The normalized spacial score (nSPS) is 10.6. The number of methoxy groups -OCH3 is 2. The van der Waals surface area contributed by atoms with E-state index in [4.69, 9.17) is 32.7 Å². The molecule has 1 aromatic heterocycles. The Labute approximate surface area is 180 Å². The average molecular weight is 485 g/mol. The topological polar surface area (TPSA) is 65.4 Å². The number of anilines is 1. The number of amides is 1. The van der Waals surface area contributed by atoms with Gasteiger partial charge >= 0.3 is 0 Å². The molecule has 0 aliphatic carbocycles. The molecule has 0 bridgehead atoms. The van der Waals surface area contributed by atoms with Crippen LogP contribution in [0.5, 0.6) is 11.5 Å². The fraction of sp³-hybridized carbons (Fsp3) is 0.158. The molecule has 0 atom stereocenters. The Hall–Kier alpha value is -2.22. The maximum Gasteiger partial charge on any atom is 0.257 e. The van der Waals surface area contributed by atoms with Crippen molar-refractivity contribution in [1.82, 2.24) is 9.78 Å². The first-order valence-electron chi connectivity index (χ1n) is 8.11. The summed E-state index contributed by atoms with van der Waals surface area (Å²) in [6, 6.07) is 10.3. The van der Waals surface area contributed by atoms with Crippen molar-refractivity contribution >= 4 is 50.9 Å². The lowest BCUT2D eigenvalue weighted by Gasteiger charge is -2.09. The summed E-state index contributed by atoms with van der Waals surface area (Å²) in [5, 5.41) is 8.16. The molecule has 6 nitrogen and oxygen atoms in total. The Balaban J connectivity index is 1.76. The van der Waals surface area contributed by atoms with E-state index in [2.05, 4.69) is 26.3 Å². The summed E-state index contributed by atoms with van der Waals surface area (Å²) < 4.78 is 12.8. The highest BCUT2D eigenvalue weighted by Crippen LogP contribution is 2.29. The monoisotopic (exact) mass is 483 g/mol. The molecule has 0 aliphatic heterocycles. The number of carbonyl (C=O) groups is 1. The van der Waals surface area contributed by atoms with Crippen LogP contribution < -0.4 is 14.8 Å². The SMILES string of the molecule is COc1ccc(C(=O)Nc2nn(Cc3ccc(Cl)c(Cl)c3)cc2Br)cc1OC. The fourth-order valence-electron chi connectivity index (χ4n) is 2.54. The molecule has 1 N–H and O–H groups in total. The zero-order valence-corrected chi connectivity index (χ0v) is 18.1. The zero-order chi connectivity index (χ0) is 20.3. The lowest BCUT2D eigenvalue weighted by molar-refractivity contribution is 0.102. The minimum atomic E-state index is -0.318. The van der Waals surface area contributed by atoms with Gasteiger partial charge in [0, 0.05) is 11.8 Å². The summed E-state index contributed by atoms with van der Waals surface area (Å²) in [5.74, 6) is 1.10. The van der Waals surface area contributed by atoms with Crippen LogP contribution in [-0.2, 0) is 6.54 Å². The number of benzene rings is 2. The molecule has 0 saturated carbocycles. The molecular formula is C19H16BrCl2N3O3. The van der Waals surface area contributed by atoms with Gasteiger partial charge < -0.3 is 14.8 Å². The van der Waals surface area contributed by atoms with Gasteiger partial charge in [0.15, 0.2) is 17.3 Å². The Kier molecular flexibility index (Phi) is 6.49. The van der Waals surface area contributed by atoms with Gasteiger partial charge in [0.25, 0.3) is 5.91 Å². The molecule has 0 saturated heterocycles. The molecule has 2 aromatic carbocycles. The van der Waals surface area contributed by atoms with Crippen LogP contribution in [0, 0.1) is 0 Å². The van der Waals surface area contributed by atoms with Gasteiger partial charge in [-0.1, -0.05) is 29.3 Å². The molecular weight excluding hydrogens is 469 g/mol. The Bertz CT molecular complexity index is 1020. The fourth-order valence-corrected chi connectivity index (χ4v) is 3.28. The summed E-state index contributed by atoms with van der Waals surface area (Å²) in [6.45, 7) is 0.474. The van der Waals surface area contributed by atoms with Crippen molar-refractivity contribution in [1.29, 1.82) is 0 Å². The van der Waals surface area contributed by atoms with E-state index in [-0.39, 0.29) is 5.91 Å². The molecule has 28 heavy (non-hydrogen) atoms. The molecule has 0 radical (unpaired) electrons. The van der Waals surface area contributed by atoms with Crippen LogP contribution in [0.15, 0.2) is 47.1 Å². The maximum absolute atomic E-state index is 12.6. The largest absolute Gasteiger partial charge is 0.493 e. The Morgan fingerprint density at radius 2 is 1.86 bits per heavy atom. The smallest absolute Gasteiger partial charge is 0.257 e. The summed E-state index contributed by atoms with van der Waals surface area (Å²) in [6.07, 6.45) is 1.77. The highest BCUT2D eigenvalue weighted by Gasteiger charge is 2.15. The highest BCUT2D eigenvalue weighted by atomic mass is 79.9. The number of halogens is 3. The summed E-state index contributed by atoms with van der Waals surface area (Å²) in [4.78, 5) is 12.6. The van der Waals surface area contributed by atoms with Crippen LogP contribution in [-0.4, -0.2) is 29.9 Å². The number of ether oxygens (including phenoxy) is 2. The van der Waals surface area contributed by atoms with E-state index >= 15 is 0 Å². The first kappa shape index (κ1) is 20.5. The van der Waals surface area contributed by atoms with Gasteiger partial charge in [0.1, 0.15) is 0 Å². The first-order chi connectivity index (χ1) is 13.4. The van der Waals surface area contributed by atoms with Gasteiger partial charge in [-0.2, -0.15) is 5.10 Å². The van der Waals surface area contributed by atoms with E-state index in [0.29, 0.717) is 43.9 Å². The van der Waals surface area contributed by atoms with Gasteiger partial charge in [0.2, 0.25) is 0 Å². The van der Waals surface area contributed by atoms with Crippen LogP contribution in [0.3, 0.4) is 0 Å². The van der Waals surface area contributed by atoms with Crippen molar-refractivity contribution in [3.05, 3.63) is 68.2 Å². The van der Waals surface area contributed by atoms with Crippen molar-refractivity contribution in [2.75, 3.05) is 19.5 Å². The number of hydrogen-bond donors (Lipinski definition) is 1. The highest BCUT2D eigenvalue weighted by molar-refractivity contribution is 9.10. The van der Waals surface area contributed by atoms with Crippen LogP contribution in [0.25, 0.3) is 0 Å². The standard InChI is InChI=1S/C19H16BrCl2N3O3/c1-27-16-6-4-12(8-17(16)28-2)19(26)23-18-13(20)10-25(24-18)9-11-3-5-14(21)15(22)7-11/h3-8,10H,9H2,1-2H3,(H,23,24,26). The van der Waals surface area contributed by atoms with E-state index < -0.39 is 0 Å². The number of aromatic nitrogens is 2. The van der Waals surface area contributed by atoms with Gasteiger partial charge in [0.05, 0.1) is 35.3 Å². The second-order valence-electron chi connectivity index (χ2n) is 5.80. The Morgan fingerprint density at radius 3 is 2.54 bits per heavy atom. The predicted molar refractivity (Wildman–Crippen MR) is 113 cm³/mol. The third kappa shape index (κ3) is 4.60. The molecule has 9 heteroatoms. The van der Waals surface area contributed by atoms with Crippen LogP contribution in [0.2, 0.25) is 10.0 Å². The maximum atomic E-state index is 12.6.